The maximum atomic E-state index is 12.5. The van der Waals surface area contributed by atoms with Crippen LogP contribution in [0.15, 0.2) is 21.0 Å². The minimum absolute atomic E-state index is 0.236. The van der Waals surface area contributed by atoms with Crippen LogP contribution in [0.4, 0.5) is 15.5 Å². The van der Waals surface area contributed by atoms with Gasteiger partial charge in [-0.2, -0.15) is 12.8 Å². The van der Waals surface area contributed by atoms with Crippen molar-refractivity contribution in [2.24, 2.45) is 4.36 Å². The molecule has 0 unspecified atom stereocenters. The third-order valence-corrected chi connectivity index (χ3v) is 8.32. The van der Waals surface area contributed by atoms with Gasteiger partial charge >= 0.3 is 6.03 Å². The Kier molecular flexibility index (Phi) is 5.16. The third kappa shape index (κ3) is 4.31. The zero-order chi connectivity index (χ0) is 20.8. The number of rotatable bonds is 4. The summed E-state index contributed by atoms with van der Waals surface area (Å²) in [6.45, 7) is 0. The maximum absolute atomic E-state index is 12.5. The van der Waals surface area contributed by atoms with E-state index in [-0.39, 0.29) is 9.34 Å². The van der Waals surface area contributed by atoms with Crippen LogP contribution >= 0.6 is 11.3 Å². The van der Waals surface area contributed by atoms with Crippen LogP contribution in [0, 0.1) is 0 Å². The highest BCUT2D eigenvalue weighted by Crippen LogP contribution is 2.38. The Hall–Kier alpha value is -1.98. The number of thiazole rings is 1. The summed E-state index contributed by atoms with van der Waals surface area (Å²) in [7, 11) is -6.58. The van der Waals surface area contributed by atoms with Gasteiger partial charge in [0.25, 0.3) is 10.0 Å². The summed E-state index contributed by atoms with van der Waals surface area (Å²) < 4.78 is 42.5. The molecular formula is C18H22N4O4S3. The van der Waals surface area contributed by atoms with E-state index in [0.29, 0.717) is 0 Å². The molecule has 2 N–H and O–H groups in total. The molecule has 1 heterocycles. The summed E-state index contributed by atoms with van der Waals surface area (Å²) in [5.74, 6) is 0. The number of fused-ring (bicyclic) bond motifs is 2. The average molecular weight is 455 g/mol. The number of sulfonamides is 1. The zero-order valence-corrected chi connectivity index (χ0v) is 18.6. The molecule has 2 aliphatic carbocycles. The van der Waals surface area contributed by atoms with E-state index in [1.54, 1.807) is 0 Å². The van der Waals surface area contributed by atoms with Crippen molar-refractivity contribution >= 4 is 47.8 Å². The van der Waals surface area contributed by atoms with Crippen molar-refractivity contribution in [2.75, 3.05) is 17.8 Å². The van der Waals surface area contributed by atoms with Crippen LogP contribution in [0.3, 0.4) is 0 Å². The first-order valence-corrected chi connectivity index (χ1v) is 13.9. The van der Waals surface area contributed by atoms with Gasteiger partial charge in [0.1, 0.15) is 5.00 Å². The second-order valence-corrected chi connectivity index (χ2v) is 12.9. The molecule has 1 aromatic carbocycles. The van der Waals surface area contributed by atoms with Gasteiger partial charge in [-0.1, -0.05) is 17.4 Å². The highest BCUT2D eigenvalue weighted by molar-refractivity contribution is 7.93. The van der Waals surface area contributed by atoms with Crippen LogP contribution in [0.25, 0.3) is 0 Å². The van der Waals surface area contributed by atoms with E-state index < -0.39 is 25.8 Å². The molecule has 0 saturated carbocycles. The number of carbonyl (C=O) groups is 1. The van der Waals surface area contributed by atoms with Gasteiger partial charge in [-0.05, 0) is 60.8 Å². The molecule has 4 rings (SSSR count). The number of nitrogens with zero attached hydrogens (tertiary/aromatic N) is 2. The van der Waals surface area contributed by atoms with Gasteiger partial charge in [0.2, 0.25) is 4.34 Å². The number of nitrogens with one attached hydrogen (secondary N) is 2. The summed E-state index contributed by atoms with van der Waals surface area (Å²) in [4.78, 5) is 16.4. The number of aryl methyl sites for hydroxylation is 2. The Morgan fingerprint density at radius 1 is 1.07 bits per heavy atom. The lowest BCUT2D eigenvalue weighted by Crippen LogP contribution is -2.34. The summed E-state index contributed by atoms with van der Waals surface area (Å²) in [6.07, 6.45) is 9.95. The molecule has 0 aliphatic heterocycles. The fraction of sp³-hybridized carbons (Fsp3) is 0.444. The molecule has 0 saturated heterocycles. The Labute approximate surface area is 174 Å². The Morgan fingerprint density at radius 2 is 1.69 bits per heavy atom. The van der Waals surface area contributed by atoms with Crippen LogP contribution < -0.4 is 10.0 Å². The molecule has 1 aromatic heterocycles. The number of anilines is 1. The molecule has 2 aliphatic rings. The second-order valence-electron chi connectivity index (χ2n) is 7.53. The quantitative estimate of drug-likeness (QED) is 0.736. The van der Waals surface area contributed by atoms with Gasteiger partial charge in [0, 0.05) is 27.9 Å². The van der Waals surface area contributed by atoms with Crippen molar-refractivity contribution < 1.29 is 17.4 Å². The summed E-state index contributed by atoms with van der Waals surface area (Å²) in [5.41, 5.74) is 5.51. The molecule has 8 nitrogen and oxygen atoms in total. The molecular weight excluding hydrogens is 432 g/mol. The largest absolute Gasteiger partial charge is 0.333 e. The number of aromatic nitrogens is 1. The van der Waals surface area contributed by atoms with Crippen molar-refractivity contribution in [1.29, 1.82) is 0 Å². The van der Waals surface area contributed by atoms with Gasteiger partial charge in [0.05, 0.1) is 6.20 Å². The van der Waals surface area contributed by atoms with Crippen LogP contribution in [0.5, 0.6) is 0 Å². The van der Waals surface area contributed by atoms with Gasteiger partial charge in [-0.3, -0.25) is 0 Å². The lowest BCUT2D eigenvalue weighted by Gasteiger charge is -2.16. The highest BCUT2D eigenvalue weighted by atomic mass is 32.2. The van der Waals surface area contributed by atoms with Gasteiger partial charge in [-0.15, -0.1) is 0 Å². The Balaban J connectivity index is 1.56. The first-order chi connectivity index (χ1) is 13.6. The van der Waals surface area contributed by atoms with Gasteiger partial charge in [0.15, 0.2) is 0 Å². The molecule has 0 atom stereocenters. The highest BCUT2D eigenvalue weighted by Gasteiger charge is 2.27. The van der Waals surface area contributed by atoms with Crippen molar-refractivity contribution in [1.82, 2.24) is 9.71 Å². The molecule has 2 aromatic rings. The lowest BCUT2D eigenvalue weighted by molar-refractivity contribution is 0.256. The zero-order valence-electron chi connectivity index (χ0n) is 16.1. The lowest BCUT2D eigenvalue weighted by atomic mass is 9.99. The van der Waals surface area contributed by atoms with E-state index in [2.05, 4.69) is 20.7 Å². The monoisotopic (exact) mass is 454 g/mol. The normalized spacial score (nSPS) is 15.7. The Bertz CT molecular complexity index is 1180. The van der Waals surface area contributed by atoms with Gasteiger partial charge in [-0.25, -0.2) is 18.7 Å². The second kappa shape index (κ2) is 7.37. The molecule has 0 bridgehead atoms. The molecule has 29 heavy (non-hydrogen) atoms. The molecule has 0 radical (unpaired) electrons. The molecule has 11 heteroatoms. The van der Waals surface area contributed by atoms with E-state index in [1.165, 1.54) is 29.8 Å². The molecule has 2 amide bonds. The average Bonchev–Trinajstić information content (AvgIpc) is 3.31. The van der Waals surface area contributed by atoms with Crippen LogP contribution in [-0.2, 0) is 45.4 Å². The minimum Gasteiger partial charge on any atom is -0.307 e. The number of amides is 2. The van der Waals surface area contributed by atoms with E-state index in [9.17, 15) is 17.4 Å². The topological polar surface area (TPSA) is 118 Å². The number of hydrogen-bond donors (Lipinski definition) is 2. The van der Waals surface area contributed by atoms with Gasteiger partial charge < -0.3 is 5.32 Å². The number of hydrogen-bond acceptors (Lipinski definition) is 7. The SMILES string of the molecule is CS(C)(=O)=Nc1cnc(S(=O)(=O)NC(=O)Nc2c3c(cc4c2CCC4)CCC3)s1. The summed E-state index contributed by atoms with van der Waals surface area (Å²) in [5, 5.41) is 3.03. The predicted octanol–water partition coefficient (Wildman–Crippen LogP) is 2.99. The molecule has 156 valence electrons. The van der Waals surface area contributed by atoms with E-state index in [0.717, 1.165) is 66.7 Å². The number of benzene rings is 1. The maximum Gasteiger partial charge on any atom is 0.333 e. The molecule has 0 spiro atoms. The van der Waals surface area contributed by atoms with E-state index >= 15 is 0 Å². The standard InChI is InChI=1S/C18H22N4O4S3/c1-28(2,24)21-15-10-19-18(27-15)29(25,26)22-17(23)20-16-13-7-3-5-11(13)9-12-6-4-8-14(12)16/h9-10H,3-8H2,1-2H3,(H2,20,22,23). The fourth-order valence-electron chi connectivity index (χ4n) is 3.91. The first kappa shape index (κ1) is 20.3. The van der Waals surface area contributed by atoms with Crippen LogP contribution in [0.2, 0.25) is 0 Å². The smallest absolute Gasteiger partial charge is 0.307 e. The summed E-state index contributed by atoms with van der Waals surface area (Å²) >= 11 is 0.768. The van der Waals surface area contributed by atoms with E-state index in [1.807, 2.05) is 4.72 Å². The van der Waals surface area contributed by atoms with Crippen molar-refractivity contribution in [3.63, 3.8) is 0 Å². The van der Waals surface area contributed by atoms with Crippen LogP contribution in [-0.4, -0.2) is 36.2 Å². The van der Waals surface area contributed by atoms with Crippen molar-refractivity contribution in [2.45, 2.75) is 42.9 Å². The van der Waals surface area contributed by atoms with E-state index in [4.69, 9.17) is 0 Å². The fourth-order valence-corrected chi connectivity index (χ4v) is 6.86. The number of urea groups is 1. The predicted molar refractivity (Wildman–Crippen MR) is 114 cm³/mol. The number of carbonyl (C=O) groups excluding carboxylic acids is 1. The molecule has 0 fully saturated rings. The van der Waals surface area contributed by atoms with Crippen molar-refractivity contribution in [3.8, 4) is 0 Å². The van der Waals surface area contributed by atoms with Crippen LogP contribution in [0.1, 0.15) is 35.1 Å². The minimum atomic E-state index is -4.15. The summed E-state index contributed by atoms with van der Waals surface area (Å²) in [6, 6.07) is 1.44. The Morgan fingerprint density at radius 3 is 2.28 bits per heavy atom. The first-order valence-electron chi connectivity index (χ1n) is 9.26. The van der Waals surface area contributed by atoms with Crippen molar-refractivity contribution in [3.05, 3.63) is 34.5 Å². The third-order valence-electron chi connectivity index (χ3n) is 4.95.